The number of nitrogens with zero attached hydrogens (tertiary/aromatic N) is 2. The molecule has 5 rings (SSSR count). The van der Waals surface area contributed by atoms with Gasteiger partial charge in [0.15, 0.2) is 6.61 Å². The average molecular weight is 646 g/mol. The van der Waals surface area contributed by atoms with E-state index in [1.165, 1.54) is 22.5 Å². The van der Waals surface area contributed by atoms with Crippen LogP contribution in [-0.4, -0.2) is 71.7 Å². The van der Waals surface area contributed by atoms with Crippen LogP contribution in [-0.2, 0) is 24.3 Å². The Morgan fingerprint density at radius 2 is 1.54 bits per heavy atom. The van der Waals surface area contributed by atoms with Crippen molar-refractivity contribution in [1.29, 1.82) is 5.26 Å². The topological polar surface area (TPSA) is 157 Å². The number of sulfonamides is 1. The first kappa shape index (κ1) is 32.2. The minimum absolute atomic E-state index is 0.00132. The third-order valence-corrected chi connectivity index (χ3v) is 9.27. The number of carbonyl (C=O) groups is 2. The zero-order chi connectivity index (χ0) is 32.8. The first-order valence-corrected chi connectivity index (χ1v) is 15.6. The second-order valence-corrected chi connectivity index (χ2v) is 12.1. The third kappa shape index (κ3) is 6.74. The maximum atomic E-state index is 13.1. The van der Waals surface area contributed by atoms with E-state index in [-0.39, 0.29) is 48.2 Å². The number of carbonyl (C=O) groups excluding carboxylic acids is 2. The minimum atomic E-state index is -3.86. The molecule has 12 nitrogen and oxygen atoms in total. The largest absolute Gasteiger partial charge is 0.497 e. The van der Waals surface area contributed by atoms with Crippen molar-refractivity contribution in [2.45, 2.75) is 11.8 Å². The fourth-order valence-corrected chi connectivity index (χ4v) is 6.33. The Kier molecular flexibility index (Phi) is 9.72. The highest BCUT2D eigenvalue weighted by atomic mass is 32.2. The smallest absolute Gasteiger partial charge is 0.338 e. The third-order valence-electron chi connectivity index (χ3n) is 7.38. The number of aryl methyl sites for hydroxylation is 1. The number of nitriles is 1. The average Bonchev–Trinajstić information content (AvgIpc) is 3.45. The number of anilines is 1. The van der Waals surface area contributed by atoms with Gasteiger partial charge in [-0.05, 0) is 66.6 Å². The van der Waals surface area contributed by atoms with Gasteiger partial charge in [-0.15, -0.1) is 0 Å². The second kappa shape index (κ2) is 13.9. The molecule has 1 aliphatic heterocycles. The SMILES string of the molecule is COc1ccc(-c2oc(NC(=O)COC(=O)c3cc(S(=O)(=O)N4CCOCC4)ccc3C)c(C#N)c2-c2ccc(OC)cc2)cc1. The van der Waals surface area contributed by atoms with Crippen LogP contribution in [0, 0.1) is 18.3 Å². The molecule has 0 atom stereocenters. The molecule has 1 fully saturated rings. The molecule has 1 saturated heterocycles. The highest BCUT2D eigenvalue weighted by Gasteiger charge is 2.28. The summed E-state index contributed by atoms with van der Waals surface area (Å²) < 4.78 is 54.6. The van der Waals surface area contributed by atoms with E-state index in [0.29, 0.717) is 39.5 Å². The summed E-state index contributed by atoms with van der Waals surface area (Å²) in [7, 11) is -0.771. The number of methoxy groups -OCH3 is 2. The van der Waals surface area contributed by atoms with Gasteiger partial charge >= 0.3 is 5.97 Å². The van der Waals surface area contributed by atoms with E-state index in [1.807, 2.05) is 0 Å². The predicted octanol–water partition coefficient (Wildman–Crippen LogP) is 4.63. The molecule has 238 valence electrons. The Balaban J connectivity index is 1.37. The lowest BCUT2D eigenvalue weighted by atomic mass is 9.98. The number of amides is 1. The molecule has 2 heterocycles. The van der Waals surface area contributed by atoms with Gasteiger partial charge in [0.25, 0.3) is 5.91 Å². The van der Waals surface area contributed by atoms with E-state index < -0.39 is 28.5 Å². The highest BCUT2D eigenvalue weighted by Crippen LogP contribution is 2.42. The van der Waals surface area contributed by atoms with E-state index in [4.69, 9.17) is 23.4 Å². The Morgan fingerprint density at radius 3 is 2.13 bits per heavy atom. The number of ether oxygens (including phenoxy) is 4. The number of furan rings is 1. The standard InChI is InChI=1S/C33H31N3O9S/c1-21-4-13-26(46(39,40)36-14-16-43-17-15-36)18-27(21)33(38)44-20-29(37)35-32-28(19-34)30(22-5-9-24(41-2)10-6-22)31(45-32)23-7-11-25(42-3)12-8-23/h4-13,18H,14-17,20H2,1-3H3,(H,35,37). The van der Waals surface area contributed by atoms with Gasteiger partial charge in [0, 0.05) is 24.2 Å². The van der Waals surface area contributed by atoms with Crippen molar-refractivity contribution in [3.05, 3.63) is 83.4 Å². The van der Waals surface area contributed by atoms with Crippen LogP contribution in [0.1, 0.15) is 21.5 Å². The summed E-state index contributed by atoms with van der Waals surface area (Å²) in [6.45, 7) is 1.87. The highest BCUT2D eigenvalue weighted by molar-refractivity contribution is 7.89. The van der Waals surface area contributed by atoms with Gasteiger partial charge < -0.3 is 23.4 Å². The van der Waals surface area contributed by atoms with E-state index in [9.17, 15) is 23.3 Å². The molecule has 4 aromatic rings. The lowest BCUT2D eigenvalue weighted by molar-refractivity contribution is -0.119. The summed E-state index contributed by atoms with van der Waals surface area (Å²) in [5, 5.41) is 12.7. The number of rotatable bonds is 10. The van der Waals surface area contributed by atoms with Crippen LogP contribution in [0.2, 0.25) is 0 Å². The zero-order valence-corrected chi connectivity index (χ0v) is 26.2. The Morgan fingerprint density at radius 1 is 0.935 bits per heavy atom. The monoisotopic (exact) mass is 645 g/mol. The molecule has 1 N–H and O–H groups in total. The van der Waals surface area contributed by atoms with Gasteiger partial charge in [-0.2, -0.15) is 9.57 Å². The number of benzene rings is 3. The predicted molar refractivity (Wildman–Crippen MR) is 167 cm³/mol. The number of esters is 1. The lowest BCUT2D eigenvalue weighted by Crippen LogP contribution is -2.40. The van der Waals surface area contributed by atoms with Crippen LogP contribution in [0.25, 0.3) is 22.5 Å². The maximum Gasteiger partial charge on any atom is 0.338 e. The van der Waals surface area contributed by atoms with Gasteiger partial charge in [0.05, 0.1) is 37.9 Å². The molecule has 1 amide bonds. The van der Waals surface area contributed by atoms with Crippen LogP contribution in [0.5, 0.6) is 11.5 Å². The molecular weight excluding hydrogens is 614 g/mol. The molecule has 0 unspecified atom stereocenters. The summed E-state index contributed by atoms with van der Waals surface area (Å²) in [5.41, 5.74) is 2.24. The fraction of sp³-hybridized carbons (Fsp3) is 0.242. The number of hydrogen-bond donors (Lipinski definition) is 1. The first-order valence-electron chi connectivity index (χ1n) is 14.2. The van der Waals surface area contributed by atoms with Crippen LogP contribution in [0.3, 0.4) is 0 Å². The van der Waals surface area contributed by atoms with Crippen LogP contribution < -0.4 is 14.8 Å². The van der Waals surface area contributed by atoms with Gasteiger partial charge in [-0.25, -0.2) is 13.2 Å². The molecular formula is C33H31N3O9S. The number of hydrogen-bond acceptors (Lipinski definition) is 10. The summed E-state index contributed by atoms with van der Waals surface area (Å²) in [4.78, 5) is 25.9. The molecule has 0 radical (unpaired) electrons. The van der Waals surface area contributed by atoms with Crippen molar-refractivity contribution in [3.8, 4) is 40.0 Å². The van der Waals surface area contributed by atoms with E-state index in [0.717, 1.165) is 0 Å². The summed E-state index contributed by atoms with van der Waals surface area (Å²) >= 11 is 0. The van der Waals surface area contributed by atoms with Crippen molar-refractivity contribution >= 4 is 27.8 Å². The lowest BCUT2D eigenvalue weighted by Gasteiger charge is -2.26. The van der Waals surface area contributed by atoms with E-state index in [2.05, 4.69) is 11.4 Å². The molecule has 1 aromatic heterocycles. The van der Waals surface area contributed by atoms with Gasteiger partial charge in [-0.1, -0.05) is 18.2 Å². The van der Waals surface area contributed by atoms with Gasteiger partial charge in [-0.3, -0.25) is 10.1 Å². The maximum absolute atomic E-state index is 13.1. The van der Waals surface area contributed by atoms with Crippen LogP contribution in [0.4, 0.5) is 5.88 Å². The minimum Gasteiger partial charge on any atom is -0.497 e. The molecule has 13 heteroatoms. The molecule has 1 aliphatic rings. The van der Waals surface area contributed by atoms with Crippen molar-refractivity contribution in [2.24, 2.45) is 0 Å². The van der Waals surface area contributed by atoms with Crippen LogP contribution in [0.15, 0.2) is 76.0 Å². The van der Waals surface area contributed by atoms with Crippen LogP contribution >= 0.6 is 0 Å². The molecule has 0 saturated carbocycles. The van der Waals surface area contributed by atoms with E-state index in [1.54, 1.807) is 69.7 Å². The second-order valence-electron chi connectivity index (χ2n) is 10.2. The summed E-state index contributed by atoms with van der Waals surface area (Å²) in [6.07, 6.45) is 0. The Labute approximate surface area is 266 Å². The fourth-order valence-electron chi connectivity index (χ4n) is 4.89. The van der Waals surface area contributed by atoms with Crippen molar-refractivity contribution in [1.82, 2.24) is 4.31 Å². The normalized spacial score (nSPS) is 13.4. The summed E-state index contributed by atoms with van der Waals surface area (Å²) in [6, 6.07) is 20.3. The van der Waals surface area contributed by atoms with Crippen molar-refractivity contribution in [2.75, 3.05) is 52.4 Å². The van der Waals surface area contributed by atoms with Crippen molar-refractivity contribution in [3.63, 3.8) is 0 Å². The molecule has 46 heavy (non-hydrogen) atoms. The Hall–Kier alpha value is -5.16. The first-order chi connectivity index (χ1) is 22.2. The van der Waals surface area contributed by atoms with Gasteiger partial charge in [0.1, 0.15) is 28.9 Å². The molecule has 3 aromatic carbocycles. The number of nitrogens with one attached hydrogen (secondary N) is 1. The number of morpholine rings is 1. The Bertz CT molecular complexity index is 1890. The summed E-state index contributed by atoms with van der Waals surface area (Å²) in [5.74, 6) is -0.218. The van der Waals surface area contributed by atoms with Crippen molar-refractivity contribution < 1.29 is 41.4 Å². The molecule has 0 spiro atoms. The zero-order valence-electron chi connectivity index (χ0n) is 25.4. The molecule has 0 bridgehead atoms. The van der Waals surface area contributed by atoms with Gasteiger partial charge in [0.2, 0.25) is 15.9 Å². The quantitative estimate of drug-likeness (QED) is 0.241. The molecule has 0 aliphatic carbocycles. The van der Waals surface area contributed by atoms with E-state index >= 15 is 0 Å².